The van der Waals surface area contributed by atoms with Crippen molar-refractivity contribution in [3.63, 3.8) is 0 Å². The monoisotopic (exact) mass is 418 g/mol. The molecule has 4 rings (SSSR count). The van der Waals surface area contributed by atoms with Gasteiger partial charge in [-0.05, 0) is 36.4 Å². The molecule has 0 amide bonds. The molecule has 1 aromatic heterocycles. The number of ether oxygens (including phenoxy) is 2. The first kappa shape index (κ1) is 19.9. The Morgan fingerprint density at radius 3 is 2.73 bits per heavy atom. The predicted molar refractivity (Wildman–Crippen MR) is 118 cm³/mol. The fraction of sp³-hybridized carbons (Fsp3) is 0.261. The molecule has 30 heavy (non-hydrogen) atoms. The molecule has 0 N–H and O–H groups in total. The summed E-state index contributed by atoms with van der Waals surface area (Å²) in [5.74, 6) is 1.55. The van der Waals surface area contributed by atoms with Gasteiger partial charge in [0, 0.05) is 36.8 Å². The topological polar surface area (TPSA) is 63.3 Å². The molecule has 1 atom stereocenters. The van der Waals surface area contributed by atoms with Gasteiger partial charge in [-0.15, -0.1) is 0 Å². The molecule has 0 radical (unpaired) electrons. The van der Waals surface area contributed by atoms with E-state index in [1.54, 1.807) is 13.2 Å². The van der Waals surface area contributed by atoms with Crippen LogP contribution in [0.1, 0.15) is 28.4 Å². The van der Waals surface area contributed by atoms with Crippen LogP contribution in [0.15, 0.2) is 54.7 Å². The number of thiocarbonyl (C=S) groups is 1. The summed E-state index contributed by atoms with van der Waals surface area (Å²) in [6.45, 7) is 1.20. The molecule has 0 saturated heterocycles. The van der Waals surface area contributed by atoms with Gasteiger partial charge in [0.15, 0.2) is 0 Å². The zero-order valence-corrected chi connectivity index (χ0v) is 17.7. The average molecular weight is 419 g/mol. The highest BCUT2D eigenvalue weighted by Crippen LogP contribution is 2.32. The fourth-order valence-electron chi connectivity index (χ4n) is 3.77. The van der Waals surface area contributed by atoms with E-state index in [0.29, 0.717) is 17.2 Å². The lowest BCUT2D eigenvalue weighted by Gasteiger charge is -2.37. The Hall–Kier alpha value is -3.37. The zero-order chi connectivity index (χ0) is 21.1. The first-order valence-corrected chi connectivity index (χ1v) is 10.1. The van der Waals surface area contributed by atoms with Crippen LogP contribution in [0, 0.1) is 11.3 Å². The maximum Gasteiger partial charge on any atom is 0.119 e. The molecule has 0 fully saturated rings. The van der Waals surface area contributed by atoms with Gasteiger partial charge in [-0.2, -0.15) is 10.4 Å². The summed E-state index contributed by atoms with van der Waals surface area (Å²) in [7, 11) is 3.60. The summed E-state index contributed by atoms with van der Waals surface area (Å²) in [4.78, 5) is 2.89. The number of hydrogen-bond acceptors (Lipinski definition) is 5. The van der Waals surface area contributed by atoms with Crippen molar-refractivity contribution in [2.24, 2.45) is 7.05 Å². The third kappa shape index (κ3) is 3.87. The third-order valence-corrected chi connectivity index (χ3v) is 5.86. The molecule has 2 heterocycles. The Labute approximate surface area is 181 Å². The van der Waals surface area contributed by atoms with Crippen molar-refractivity contribution in [1.82, 2.24) is 14.7 Å². The Morgan fingerprint density at radius 2 is 2.00 bits per heavy atom. The average Bonchev–Trinajstić information content (AvgIpc) is 3.18. The van der Waals surface area contributed by atoms with E-state index < -0.39 is 0 Å². The van der Waals surface area contributed by atoms with Gasteiger partial charge in [0.05, 0.1) is 31.0 Å². The van der Waals surface area contributed by atoms with Crippen molar-refractivity contribution in [1.29, 1.82) is 5.26 Å². The second-order valence-electron chi connectivity index (χ2n) is 7.11. The number of nitriles is 1. The molecular weight excluding hydrogens is 396 g/mol. The van der Waals surface area contributed by atoms with Crippen molar-refractivity contribution in [2.45, 2.75) is 12.5 Å². The van der Waals surface area contributed by atoms with Gasteiger partial charge in [0.25, 0.3) is 0 Å². The molecule has 0 bridgehead atoms. The molecule has 0 aliphatic carbocycles. The van der Waals surface area contributed by atoms with Crippen molar-refractivity contribution < 1.29 is 9.47 Å². The quantitative estimate of drug-likeness (QED) is 0.590. The Kier molecular flexibility index (Phi) is 5.68. The maximum atomic E-state index is 9.24. The van der Waals surface area contributed by atoms with Crippen molar-refractivity contribution >= 4 is 17.2 Å². The van der Waals surface area contributed by atoms with Crippen LogP contribution in [0.25, 0.3) is 0 Å². The highest BCUT2D eigenvalue weighted by Gasteiger charge is 2.32. The second-order valence-corrected chi connectivity index (χ2v) is 7.50. The summed E-state index contributed by atoms with van der Waals surface area (Å²) < 4.78 is 13.3. The van der Waals surface area contributed by atoms with Crippen LogP contribution >= 0.6 is 12.2 Å². The van der Waals surface area contributed by atoms with Crippen LogP contribution in [-0.4, -0.2) is 39.9 Å². The summed E-state index contributed by atoms with van der Waals surface area (Å²) in [5.41, 5.74) is 3.78. The molecule has 0 spiro atoms. The lowest BCUT2D eigenvalue weighted by Crippen LogP contribution is -2.42. The molecule has 1 aliphatic rings. The molecule has 1 unspecified atom stereocenters. The van der Waals surface area contributed by atoms with Crippen LogP contribution in [-0.2, 0) is 13.5 Å². The van der Waals surface area contributed by atoms with E-state index in [2.05, 4.69) is 16.1 Å². The van der Waals surface area contributed by atoms with Gasteiger partial charge in [-0.25, -0.2) is 0 Å². The van der Waals surface area contributed by atoms with E-state index in [1.807, 2.05) is 60.4 Å². The number of aromatic nitrogens is 2. The lowest BCUT2D eigenvalue weighted by molar-refractivity contribution is 0.190. The second kappa shape index (κ2) is 8.56. The predicted octanol–water partition coefficient (Wildman–Crippen LogP) is 3.65. The van der Waals surface area contributed by atoms with Crippen LogP contribution in [0.3, 0.4) is 0 Å². The minimum Gasteiger partial charge on any atom is -0.497 e. The Bertz CT molecular complexity index is 1100. The highest BCUT2D eigenvalue weighted by molar-refractivity contribution is 7.80. The molecular formula is C23H22N4O2S. The minimum absolute atomic E-state index is 0.0669. The van der Waals surface area contributed by atoms with Gasteiger partial charge in [-0.3, -0.25) is 4.68 Å². The molecule has 7 heteroatoms. The van der Waals surface area contributed by atoms with Crippen molar-refractivity contribution in [3.8, 4) is 17.6 Å². The van der Waals surface area contributed by atoms with E-state index in [1.165, 1.54) is 5.69 Å². The van der Waals surface area contributed by atoms with Crippen LogP contribution < -0.4 is 9.47 Å². The normalized spacial score (nSPS) is 15.2. The first-order chi connectivity index (χ1) is 14.6. The van der Waals surface area contributed by atoms with E-state index in [4.69, 9.17) is 21.7 Å². The number of fused-ring (bicyclic) bond motifs is 1. The Balaban J connectivity index is 1.61. The van der Waals surface area contributed by atoms with Crippen molar-refractivity contribution in [2.75, 3.05) is 20.3 Å². The number of aryl methyl sites for hydroxylation is 1. The zero-order valence-electron chi connectivity index (χ0n) is 16.9. The highest BCUT2D eigenvalue weighted by atomic mass is 32.1. The maximum absolute atomic E-state index is 9.24. The van der Waals surface area contributed by atoms with Gasteiger partial charge < -0.3 is 14.4 Å². The number of hydrogen-bond donors (Lipinski definition) is 0. The molecule has 6 nitrogen and oxygen atoms in total. The summed E-state index contributed by atoms with van der Waals surface area (Å²) in [6, 6.07) is 17.1. The number of methoxy groups -OCH3 is 1. The third-order valence-electron chi connectivity index (χ3n) is 5.39. The van der Waals surface area contributed by atoms with Crippen LogP contribution in [0.2, 0.25) is 0 Å². The van der Waals surface area contributed by atoms with E-state index in [9.17, 15) is 5.26 Å². The molecule has 0 saturated carbocycles. The Morgan fingerprint density at radius 1 is 1.23 bits per heavy atom. The van der Waals surface area contributed by atoms with Crippen LogP contribution in [0.5, 0.6) is 11.5 Å². The molecule has 152 valence electrons. The van der Waals surface area contributed by atoms with E-state index in [0.717, 1.165) is 35.6 Å². The standard InChI is InChI=1S/C23H22N4O2S/c1-26-21-10-11-27(23(30)17-5-3-4-16(12-17)13-24)22(20(21)14-25-26)15-29-19-8-6-18(28-2)7-9-19/h3-9,12,14,22H,10-11,15H2,1-2H3. The number of rotatable bonds is 5. The SMILES string of the molecule is COc1ccc(OCC2c3cnn(C)c3CCN2C(=S)c2cccc(C#N)c2)cc1. The summed E-state index contributed by atoms with van der Waals surface area (Å²) in [6.07, 6.45) is 2.75. The minimum atomic E-state index is -0.0669. The van der Waals surface area contributed by atoms with Gasteiger partial charge in [0.2, 0.25) is 0 Å². The smallest absolute Gasteiger partial charge is 0.119 e. The van der Waals surface area contributed by atoms with E-state index in [-0.39, 0.29) is 6.04 Å². The number of nitrogens with zero attached hydrogens (tertiary/aromatic N) is 4. The number of benzene rings is 2. The largest absolute Gasteiger partial charge is 0.497 e. The lowest BCUT2D eigenvalue weighted by atomic mass is 9.98. The summed E-state index contributed by atoms with van der Waals surface area (Å²) in [5, 5.41) is 13.7. The van der Waals surface area contributed by atoms with Gasteiger partial charge in [-0.1, -0.05) is 24.4 Å². The molecule has 2 aromatic carbocycles. The first-order valence-electron chi connectivity index (χ1n) is 9.69. The van der Waals surface area contributed by atoms with Crippen LogP contribution in [0.4, 0.5) is 0 Å². The summed E-state index contributed by atoms with van der Waals surface area (Å²) >= 11 is 5.84. The molecule has 1 aliphatic heterocycles. The van der Waals surface area contributed by atoms with Gasteiger partial charge in [0.1, 0.15) is 23.1 Å². The fourth-order valence-corrected chi connectivity index (χ4v) is 4.12. The van der Waals surface area contributed by atoms with E-state index >= 15 is 0 Å². The van der Waals surface area contributed by atoms with Crippen molar-refractivity contribution in [3.05, 3.63) is 77.1 Å². The molecule has 3 aromatic rings. The van der Waals surface area contributed by atoms with Gasteiger partial charge >= 0.3 is 0 Å².